The Balaban J connectivity index is 1.81. The van der Waals surface area contributed by atoms with Crippen LogP contribution in [0.1, 0.15) is 0 Å². The predicted octanol–water partition coefficient (Wildman–Crippen LogP) is 1.88. The summed E-state index contributed by atoms with van der Waals surface area (Å²) in [6.07, 6.45) is 0. The first-order chi connectivity index (χ1) is 11.3. The number of thioether (sulfide) groups is 1. The second kappa shape index (κ2) is 8.22. The molecule has 0 fully saturated rings. The van der Waals surface area contributed by atoms with Gasteiger partial charge in [-0.05, 0) is 18.2 Å². The first-order valence-electron chi connectivity index (χ1n) is 6.64. The van der Waals surface area contributed by atoms with E-state index in [1.807, 2.05) is 0 Å². The number of halogens is 2. The molecule has 11 heteroatoms. The number of aromatic nitrogens is 3. The number of amides is 2. The molecule has 0 spiro atoms. The molecule has 0 bridgehead atoms. The number of H-pyrrole nitrogens is 1. The Morgan fingerprint density at radius 1 is 1.38 bits per heavy atom. The number of aromatic amines is 1. The highest BCUT2D eigenvalue weighted by Gasteiger charge is 2.15. The van der Waals surface area contributed by atoms with Gasteiger partial charge in [-0.15, -0.1) is 5.10 Å². The van der Waals surface area contributed by atoms with Gasteiger partial charge in [0.1, 0.15) is 0 Å². The van der Waals surface area contributed by atoms with Crippen LogP contribution >= 0.6 is 35.0 Å². The van der Waals surface area contributed by atoms with Gasteiger partial charge in [0.15, 0.2) is 0 Å². The topological polar surface area (TPSA) is 117 Å². The van der Waals surface area contributed by atoms with Crippen LogP contribution in [-0.2, 0) is 9.59 Å². The summed E-state index contributed by atoms with van der Waals surface area (Å²) in [5.41, 5.74) is 5.90. The van der Waals surface area contributed by atoms with E-state index < -0.39 is 0 Å². The molecule has 0 radical (unpaired) electrons. The lowest BCUT2D eigenvalue weighted by Gasteiger charge is -2.16. The standard InChI is InChI=1S/C13H14Cl2N6O2S/c1-21(11(23)6-24-13-18-12(16)19-20-13)5-10(22)17-7-2-3-8(14)9(15)4-7/h2-4H,5-6H2,1H3,(H,17,22)(H3,16,18,19,20). The number of nitrogens with zero attached hydrogens (tertiary/aromatic N) is 3. The van der Waals surface area contributed by atoms with Crippen LogP contribution in [0.4, 0.5) is 11.6 Å². The smallest absolute Gasteiger partial charge is 0.243 e. The van der Waals surface area contributed by atoms with Crippen LogP contribution in [0.5, 0.6) is 0 Å². The molecular weight excluding hydrogens is 375 g/mol. The van der Waals surface area contributed by atoms with E-state index in [9.17, 15) is 9.59 Å². The molecule has 0 saturated heterocycles. The molecule has 1 aromatic heterocycles. The van der Waals surface area contributed by atoms with E-state index in [1.165, 1.54) is 18.0 Å². The molecule has 0 aliphatic carbocycles. The van der Waals surface area contributed by atoms with Gasteiger partial charge < -0.3 is 16.0 Å². The molecular formula is C13H14Cl2N6O2S. The number of likely N-dealkylation sites (N-methyl/N-ethyl adjacent to an activating group) is 1. The number of benzene rings is 1. The lowest BCUT2D eigenvalue weighted by molar-refractivity contribution is -0.131. The van der Waals surface area contributed by atoms with Crippen molar-refractivity contribution < 1.29 is 9.59 Å². The van der Waals surface area contributed by atoms with Crippen LogP contribution in [0.2, 0.25) is 10.0 Å². The summed E-state index contributed by atoms with van der Waals surface area (Å²) < 4.78 is 0. The van der Waals surface area contributed by atoms with Gasteiger partial charge in [0.25, 0.3) is 0 Å². The van der Waals surface area contributed by atoms with Crippen molar-refractivity contribution in [2.24, 2.45) is 0 Å². The molecule has 4 N–H and O–H groups in total. The minimum Gasteiger partial charge on any atom is -0.368 e. The molecule has 0 saturated carbocycles. The summed E-state index contributed by atoms with van der Waals surface area (Å²) in [4.78, 5) is 29.1. The first-order valence-corrected chi connectivity index (χ1v) is 8.39. The number of hydrogen-bond acceptors (Lipinski definition) is 6. The van der Waals surface area contributed by atoms with E-state index in [-0.39, 0.29) is 30.1 Å². The van der Waals surface area contributed by atoms with Crippen molar-refractivity contribution in [2.75, 3.05) is 30.4 Å². The molecule has 1 heterocycles. The van der Waals surface area contributed by atoms with Crippen molar-refractivity contribution in [2.45, 2.75) is 5.16 Å². The Labute approximate surface area is 152 Å². The van der Waals surface area contributed by atoms with E-state index in [0.717, 1.165) is 11.8 Å². The third-order valence-corrected chi connectivity index (χ3v) is 4.39. The van der Waals surface area contributed by atoms with E-state index in [2.05, 4.69) is 20.5 Å². The Hall–Kier alpha value is -1.97. The van der Waals surface area contributed by atoms with Crippen molar-refractivity contribution >= 4 is 58.4 Å². The molecule has 0 aliphatic heterocycles. The van der Waals surface area contributed by atoms with Crippen molar-refractivity contribution in [1.82, 2.24) is 20.1 Å². The Kier molecular flexibility index (Phi) is 6.29. The minimum atomic E-state index is -0.351. The molecule has 8 nitrogen and oxygen atoms in total. The highest BCUT2D eigenvalue weighted by atomic mass is 35.5. The van der Waals surface area contributed by atoms with Gasteiger partial charge in [0.05, 0.1) is 22.3 Å². The second-order valence-corrected chi connectivity index (χ2v) is 6.48. The summed E-state index contributed by atoms with van der Waals surface area (Å²) in [6, 6.07) is 4.73. The van der Waals surface area contributed by atoms with Crippen LogP contribution in [0.3, 0.4) is 0 Å². The quantitative estimate of drug-likeness (QED) is 0.650. The highest BCUT2D eigenvalue weighted by Crippen LogP contribution is 2.24. The Morgan fingerprint density at radius 2 is 2.12 bits per heavy atom. The van der Waals surface area contributed by atoms with Crippen molar-refractivity contribution in [3.05, 3.63) is 28.2 Å². The zero-order valence-electron chi connectivity index (χ0n) is 12.5. The molecule has 0 atom stereocenters. The van der Waals surface area contributed by atoms with Crippen molar-refractivity contribution in [3.8, 4) is 0 Å². The van der Waals surface area contributed by atoms with Gasteiger partial charge in [0, 0.05) is 12.7 Å². The fourth-order valence-corrected chi connectivity index (χ4v) is 2.68. The normalized spacial score (nSPS) is 10.5. The molecule has 2 rings (SSSR count). The molecule has 0 unspecified atom stereocenters. The van der Waals surface area contributed by atoms with Gasteiger partial charge in [-0.2, -0.15) is 4.98 Å². The maximum atomic E-state index is 12.0. The molecule has 0 aliphatic rings. The van der Waals surface area contributed by atoms with Gasteiger partial charge in [-0.1, -0.05) is 35.0 Å². The summed E-state index contributed by atoms with van der Waals surface area (Å²) in [7, 11) is 1.53. The summed E-state index contributed by atoms with van der Waals surface area (Å²) in [5.74, 6) is -0.322. The second-order valence-electron chi connectivity index (χ2n) is 4.72. The maximum Gasteiger partial charge on any atom is 0.243 e. The Morgan fingerprint density at radius 3 is 2.75 bits per heavy atom. The predicted molar refractivity (Wildman–Crippen MR) is 94.2 cm³/mol. The summed E-state index contributed by atoms with van der Waals surface area (Å²) in [6.45, 7) is -0.101. The van der Waals surface area contributed by atoms with Crippen LogP contribution in [0, 0.1) is 0 Å². The third-order valence-electron chi connectivity index (χ3n) is 2.82. The van der Waals surface area contributed by atoms with Crippen molar-refractivity contribution in [3.63, 3.8) is 0 Å². The number of rotatable bonds is 6. The minimum absolute atomic E-state index is 0.0911. The zero-order valence-corrected chi connectivity index (χ0v) is 14.9. The lowest BCUT2D eigenvalue weighted by Crippen LogP contribution is -2.35. The molecule has 128 valence electrons. The monoisotopic (exact) mass is 388 g/mol. The summed E-state index contributed by atoms with van der Waals surface area (Å²) >= 11 is 12.8. The number of nitrogens with one attached hydrogen (secondary N) is 2. The SMILES string of the molecule is CN(CC(=O)Nc1ccc(Cl)c(Cl)c1)C(=O)CSc1n[nH]c(N)n1. The van der Waals surface area contributed by atoms with Gasteiger partial charge in [-0.3, -0.25) is 9.59 Å². The molecule has 24 heavy (non-hydrogen) atoms. The van der Waals surface area contributed by atoms with E-state index in [4.69, 9.17) is 28.9 Å². The van der Waals surface area contributed by atoms with E-state index in [1.54, 1.807) is 12.1 Å². The van der Waals surface area contributed by atoms with Gasteiger partial charge >= 0.3 is 0 Å². The number of carbonyl (C=O) groups is 2. The highest BCUT2D eigenvalue weighted by molar-refractivity contribution is 7.99. The fourth-order valence-electron chi connectivity index (χ4n) is 1.64. The first kappa shape index (κ1) is 18.4. The number of nitrogens with two attached hydrogens (primary N) is 1. The van der Waals surface area contributed by atoms with Crippen LogP contribution in [0.25, 0.3) is 0 Å². The molecule has 2 aromatic rings. The lowest BCUT2D eigenvalue weighted by atomic mass is 10.3. The number of hydrogen-bond donors (Lipinski definition) is 3. The Bertz CT molecular complexity index is 754. The average Bonchev–Trinajstić information content (AvgIpc) is 2.94. The zero-order chi connectivity index (χ0) is 17.7. The van der Waals surface area contributed by atoms with Gasteiger partial charge in [-0.25, -0.2) is 5.10 Å². The number of nitrogen functional groups attached to an aromatic ring is 1. The average molecular weight is 389 g/mol. The van der Waals surface area contributed by atoms with Gasteiger partial charge in [0.2, 0.25) is 22.9 Å². The van der Waals surface area contributed by atoms with E-state index >= 15 is 0 Å². The largest absolute Gasteiger partial charge is 0.368 e. The summed E-state index contributed by atoms with van der Waals surface area (Å²) in [5, 5.41) is 10.0. The van der Waals surface area contributed by atoms with Crippen LogP contribution in [0.15, 0.2) is 23.4 Å². The molecule has 2 amide bonds. The maximum absolute atomic E-state index is 12.0. The fraction of sp³-hybridized carbons (Fsp3) is 0.231. The third kappa shape index (κ3) is 5.29. The van der Waals surface area contributed by atoms with Crippen LogP contribution < -0.4 is 11.1 Å². The van der Waals surface area contributed by atoms with Crippen LogP contribution in [-0.4, -0.2) is 51.2 Å². The molecule has 1 aromatic carbocycles. The van der Waals surface area contributed by atoms with E-state index in [0.29, 0.717) is 20.9 Å². The number of carbonyl (C=O) groups excluding carboxylic acids is 2. The number of anilines is 2. The van der Waals surface area contributed by atoms with Crippen molar-refractivity contribution in [1.29, 1.82) is 0 Å².